The van der Waals surface area contributed by atoms with Crippen LogP contribution in [0.15, 0.2) is 71.2 Å². The van der Waals surface area contributed by atoms with Crippen LogP contribution in [-0.2, 0) is 12.8 Å². The van der Waals surface area contributed by atoms with Crippen molar-refractivity contribution in [3.05, 3.63) is 88.5 Å². The number of hydrogen-bond acceptors (Lipinski definition) is 3. The second-order valence-corrected chi connectivity index (χ2v) is 8.73. The van der Waals surface area contributed by atoms with Gasteiger partial charge in [0, 0.05) is 5.41 Å². The van der Waals surface area contributed by atoms with E-state index in [-0.39, 0.29) is 5.41 Å². The van der Waals surface area contributed by atoms with Crippen molar-refractivity contribution in [2.45, 2.75) is 38.5 Å². The summed E-state index contributed by atoms with van der Waals surface area (Å²) in [5, 5.41) is 18.8. The zero-order chi connectivity index (χ0) is 20.6. The van der Waals surface area contributed by atoms with Crippen LogP contribution in [-0.4, -0.2) is 5.71 Å². The van der Waals surface area contributed by atoms with E-state index in [1.807, 2.05) is 18.2 Å². The van der Waals surface area contributed by atoms with E-state index < -0.39 is 0 Å². The first-order chi connectivity index (χ1) is 14.7. The maximum atomic E-state index is 9.53. The number of rotatable bonds is 1. The molecule has 0 N–H and O–H groups in total. The van der Waals surface area contributed by atoms with Gasteiger partial charge in [-0.3, -0.25) is 0 Å². The number of fused-ring (bicyclic) bond motifs is 2. The SMILES string of the molecule is N#CN=C1C2=CC(c3cccc(C#N)c3)=CCC2CC12CCCc1ccccc1C2. The zero-order valence-electron chi connectivity index (χ0n) is 16.9. The monoisotopic (exact) mass is 389 g/mol. The van der Waals surface area contributed by atoms with E-state index in [9.17, 15) is 10.5 Å². The summed E-state index contributed by atoms with van der Waals surface area (Å²) in [5.74, 6) is 0.422. The largest absolute Gasteiger partial charge is 0.205 e. The minimum Gasteiger partial charge on any atom is -0.192 e. The zero-order valence-corrected chi connectivity index (χ0v) is 16.9. The second kappa shape index (κ2) is 7.43. The van der Waals surface area contributed by atoms with Crippen LogP contribution in [0.2, 0.25) is 0 Å². The molecule has 5 rings (SSSR count). The fourth-order valence-electron chi connectivity index (χ4n) is 5.69. The molecule has 1 saturated carbocycles. The molecular formula is C27H23N3. The smallest absolute Gasteiger partial charge is 0.192 e. The molecule has 0 amide bonds. The Bertz CT molecular complexity index is 1190. The maximum Gasteiger partial charge on any atom is 0.205 e. The van der Waals surface area contributed by atoms with Crippen LogP contribution >= 0.6 is 0 Å². The minimum absolute atomic E-state index is 0.0450. The summed E-state index contributed by atoms with van der Waals surface area (Å²) < 4.78 is 0. The van der Waals surface area contributed by atoms with Gasteiger partial charge in [0.25, 0.3) is 0 Å². The van der Waals surface area contributed by atoms with Gasteiger partial charge in [-0.25, -0.2) is 0 Å². The Hall–Kier alpha value is -3.43. The van der Waals surface area contributed by atoms with Gasteiger partial charge in [0.2, 0.25) is 6.19 Å². The van der Waals surface area contributed by atoms with Crippen LogP contribution in [0.3, 0.4) is 0 Å². The van der Waals surface area contributed by atoms with E-state index in [0.717, 1.165) is 55.4 Å². The molecule has 2 aromatic rings. The minimum atomic E-state index is -0.0450. The van der Waals surface area contributed by atoms with Gasteiger partial charge in [0.1, 0.15) is 0 Å². The Kier molecular flexibility index (Phi) is 4.61. The van der Waals surface area contributed by atoms with Crippen LogP contribution in [0.4, 0.5) is 0 Å². The number of allylic oxidation sites excluding steroid dienone is 4. The third kappa shape index (κ3) is 3.08. The normalized spacial score (nSPS) is 26.1. The number of nitrogens with zero attached hydrogens (tertiary/aromatic N) is 3. The number of aliphatic imine (C=N–C) groups is 1. The summed E-state index contributed by atoms with van der Waals surface area (Å²) in [5.41, 5.74) is 7.92. The van der Waals surface area contributed by atoms with Crippen molar-refractivity contribution in [3.63, 3.8) is 0 Å². The number of hydrogen-bond donors (Lipinski definition) is 0. The van der Waals surface area contributed by atoms with E-state index in [0.29, 0.717) is 11.5 Å². The summed E-state index contributed by atoms with van der Waals surface area (Å²) in [4.78, 5) is 4.44. The van der Waals surface area contributed by atoms with Crippen molar-refractivity contribution in [2.24, 2.45) is 16.3 Å². The quantitative estimate of drug-likeness (QED) is 0.581. The molecule has 0 aromatic heterocycles. The van der Waals surface area contributed by atoms with Crippen LogP contribution in [0.1, 0.15) is 47.9 Å². The van der Waals surface area contributed by atoms with Crippen LogP contribution in [0.25, 0.3) is 5.57 Å². The molecule has 2 atom stereocenters. The first-order valence-electron chi connectivity index (χ1n) is 10.7. The van der Waals surface area contributed by atoms with E-state index in [4.69, 9.17) is 0 Å². The molecule has 0 bridgehead atoms. The topological polar surface area (TPSA) is 59.9 Å². The molecule has 30 heavy (non-hydrogen) atoms. The van der Waals surface area contributed by atoms with Crippen molar-refractivity contribution >= 4 is 11.3 Å². The molecule has 3 nitrogen and oxygen atoms in total. The van der Waals surface area contributed by atoms with Gasteiger partial charge in [0.15, 0.2) is 0 Å². The molecule has 146 valence electrons. The number of nitriles is 2. The lowest BCUT2D eigenvalue weighted by atomic mass is 9.75. The molecule has 0 radical (unpaired) electrons. The number of aryl methyl sites for hydroxylation is 1. The molecule has 1 spiro atoms. The van der Waals surface area contributed by atoms with Crippen molar-refractivity contribution in [1.29, 1.82) is 10.5 Å². The van der Waals surface area contributed by atoms with Crippen molar-refractivity contribution in [2.75, 3.05) is 0 Å². The Morgan fingerprint density at radius 2 is 1.90 bits per heavy atom. The van der Waals surface area contributed by atoms with E-state index in [1.165, 1.54) is 16.7 Å². The van der Waals surface area contributed by atoms with Crippen LogP contribution in [0, 0.1) is 34.1 Å². The fourth-order valence-corrected chi connectivity index (χ4v) is 5.69. The molecular weight excluding hydrogens is 366 g/mol. The predicted molar refractivity (Wildman–Crippen MR) is 119 cm³/mol. The highest BCUT2D eigenvalue weighted by Crippen LogP contribution is 2.53. The summed E-state index contributed by atoms with van der Waals surface area (Å²) in [6.07, 6.45) is 12.9. The lowest BCUT2D eigenvalue weighted by molar-refractivity contribution is 0.339. The second-order valence-electron chi connectivity index (χ2n) is 8.73. The van der Waals surface area contributed by atoms with E-state index in [2.05, 4.69) is 59.7 Å². The Morgan fingerprint density at radius 1 is 1.03 bits per heavy atom. The first kappa shape index (κ1) is 18.6. The maximum absolute atomic E-state index is 9.53. The van der Waals surface area contributed by atoms with Crippen molar-refractivity contribution in [3.8, 4) is 12.3 Å². The van der Waals surface area contributed by atoms with Crippen LogP contribution in [0.5, 0.6) is 0 Å². The molecule has 3 heteroatoms. The summed E-state index contributed by atoms with van der Waals surface area (Å²) in [6.45, 7) is 0. The highest BCUT2D eigenvalue weighted by molar-refractivity contribution is 6.10. The Balaban J connectivity index is 1.56. The molecule has 3 aliphatic carbocycles. The average molecular weight is 390 g/mol. The van der Waals surface area contributed by atoms with E-state index in [1.54, 1.807) is 0 Å². The van der Waals surface area contributed by atoms with Crippen molar-refractivity contribution < 1.29 is 0 Å². The Morgan fingerprint density at radius 3 is 2.73 bits per heavy atom. The predicted octanol–water partition coefficient (Wildman–Crippen LogP) is 5.78. The molecule has 1 fully saturated rings. The van der Waals surface area contributed by atoms with Gasteiger partial charge in [-0.1, -0.05) is 42.5 Å². The van der Waals surface area contributed by atoms with Gasteiger partial charge < -0.3 is 0 Å². The molecule has 3 aliphatic rings. The molecule has 2 unspecified atom stereocenters. The summed E-state index contributed by atoms with van der Waals surface area (Å²) >= 11 is 0. The lowest BCUT2D eigenvalue weighted by Crippen LogP contribution is -2.28. The van der Waals surface area contributed by atoms with E-state index >= 15 is 0 Å². The molecule has 0 saturated heterocycles. The summed E-state index contributed by atoms with van der Waals surface area (Å²) in [7, 11) is 0. The first-order valence-corrected chi connectivity index (χ1v) is 10.7. The standard InChI is InChI=1S/C27H23N3/c28-17-19-5-3-8-21(13-19)22-10-11-24-16-27(26(30-18-29)25(24)14-22)12-4-9-20-6-1-2-7-23(20)15-27/h1-3,5-8,10,13-14,24H,4,9,11-12,15-16H2. The van der Waals surface area contributed by atoms with Gasteiger partial charge in [-0.15, -0.1) is 0 Å². The average Bonchev–Trinajstić information content (AvgIpc) is 2.94. The third-order valence-corrected chi connectivity index (χ3v) is 7.02. The van der Waals surface area contributed by atoms with Gasteiger partial charge in [-0.05, 0) is 90.5 Å². The van der Waals surface area contributed by atoms with Gasteiger partial charge >= 0.3 is 0 Å². The van der Waals surface area contributed by atoms with Crippen LogP contribution < -0.4 is 0 Å². The number of benzene rings is 2. The molecule has 0 aliphatic heterocycles. The highest BCUT2D eigenvalue weighted by atomic mass is 14.8. The Labute approximate surface area is 177 Å². The summed E-state index contributed by atoms with van der Waals surface area (Å²) in [6, 6.07) is 18.7. The van der Waals surface area contributed by atoms with Gasteiger partial charge in [0.05, 0.1) is 17.3 Å². The third-order valence-electron chi connectivity index (χ3n) is 7.02. The highest BCUT2D eigenvalue weighted by Gasteiger charge is 2.48. The molecule has 0 heterocycles. The molecule has 2 aromatic carbocycles. The lowest BCUT2D eigenvalue weighted by Gasteiger charge is -2.28. The van der Waals surface area contributed by atoms with Crippen molar-refractivity contribution in [1.82, 2.24) is 0 Å². The van der Waals surface area contributed by atoms with Gasteiger partial charge in [-0.2, -0.15) is 15.5 Å². The fraction of sp³-hybridized carbons (Fsp3) is 0.296.